The SMILES string of the molecule is Cc1ccc(NC(=O)c2ccc(NS(=O)(=O)c3ccc(-c4ccccc4)cc3)cc2)cc1. The van der Waals surface area contributed by atoms with Gasteiger partial charge in [-0.3, -0.25) is 9.52 Å². The molecule has 0 bridgehead atoms. The Bertz CT molecular complexity index is 1310. The molecule has 1 amide bonds. The topological polar surface area (TPSA) is 75.3 Å². The van der Waals surface area contributed by atoms with Crippen molar-refractivity contribution < 1.29 is 13.2 Å². The first-order chi connectivity index (χ1) is 15.4. The zero-order chi connectivity index (χ0) is 22.6. The van der Waals surface area contributed by atoms with Crippen LogP contribution < -0.4 is 10.0 Å². The Labute approximate surface area is 187 Å². The van der Waals surface area contributed by atoms with E-state index in [1.54, 1.807) is 48.5 Å². The van der Waals surface area contributed by atoms with Gasteiger partial charge in [-0.25, -0.2) is 8.42 Å². The van der Waals surface area contributed by atoms with E-state index in [4.69, 9.17) is 0 Å². The number of carbonyl (C=O) groups is 1. The number of rotatable bonds is 6. The Kier molecular flexibility index (Phi) is 6.05. The van der Waals surface area contributed by atoms with Crippen LogP contribution >= 0.6 is 0 Å². The summed E-state index contributed by atoms with van der Waals surface area (Å²) in [6, 6.07) is 30.3. The van der Waals surface area contributed by atoms with Crippen molar-refractivity contribution in [1.82, 2.24) is 0 Å². The third kappa shape index (κ3) is 5.04. The van der Waals surface area contributed by atoms with Crippen LogP contribution in [0.2, 0.25) is 0 Å². The molecule has 4 aromatic rings. The second kappa shape index (κ2) is 9.08. The molecule has 0 radical (unpaired) electrons. The van der Waals surface area contributed by atoms with Crippen molar-refractivity contribution in [3.8, 4) is 11.1 Å². The number of aryl methyl sites for hydroxylation is 1. The van der Waals surface area contributed by atoms with Crippen LogP contribution in [-0.2, 0) is 10.0 Å². The fourth-order valence-corrected chi connectivity index (χ4v) is 4.26. The highest BCUT2D eigenvalue weighted by Crippen LogP contribution is 2.23. The first-order valence-electron chi connectivity index (χ1n) is 10.1. The first-order valence-corrected chi connectivity index (χ1v) is 11.6. The van der Waals surface area contributed by atoms with Crippen molar-refractivity contribution in [2.75, 3.05) is 10.0 Å². The van der Waals surface area contributed by atoms with Gasteiger partial charge in [0.05, 0.1) is 4.90 Å². The third-order valence-electron chi connectivity index (χ3n) is 4.98. The first kappa shape index (κ1) is 21.3. The van der Waals surface area contributed by atoms with E-state index in [1.165, 1.54) is 0 Å². The zero-order valence-electron chi connectivity index (χ0n) is 17.4. The van der Waals surface area contributed by atoms with Crippen LogP contribution in [-0.4, -0.2) is 14.3 Å². The Balaban J connectivity index is 1.44. The summed E-state index contributed by atoms with van der Waals surface area (Å²) in [6.07, 6.45) is 0. The van der Waals surface area contributed by atoms with Crippen molar-refractivity contribution >= 4 is 27.3 Å². The summed E-state index contributed by atoms with van der Waals surface area (Å²) in [5.74, 6) is -0.264. The van der Waals surface area contributed by atoms with Gasteiger partial charge in [0.15, 0.2) is 0 Å². The third-order valence-corrected chi connectivity index (χ3v) is 6.38. The molecule has 0 saturated carbocycles. The van der Waals surface area contributed by atoms with Crippen molar-refractivity contribution in [3.63, 3.8) is 0 Å². The van der Waals surface area contributed by atoms with Gasteiger partial charge in [-0.05, 0) is 66.6 Å². The van der Waals surface area contributed by atoms with E-state index in [9.17, 15) is 13.2 Å². The molecule has 0 spiro atoms. The van der Waals surface area contributed by atoms with Crippen LogP contribution in [0.4, 0.5) is 11.4 Å². The highest BCUT2D eigenvalue weighted by molar-refractivity contribution is 7.92. The minimum Gasteiger partial charge on any atom is -0.322 e. The number of hydrogen-bond donors (Lipinski definition) is 2. The van der Waals surface area contributed by atoms with Crippen molar-refractivity contribution in [2.45, 2.75) is 11.8 Å². The molecule has 0 atom stereocenters. The number of anilines is 2. The molecule has 4 rings (SSSR count). The van der Waals surface area contributed by atoms with Gasteiger partial charge in [-0.2, -0.15) is 0 Å². The molecule has 2 N–H and O–H groups in total. The minimum atomic E-state index is -3.75. The maximum Gasteiger partial charge on any atom is 0.261 e. The maximum absolute atomic E-state index is 12.7. The highest BCUT2D eigenvalue weighted by Gasteiger charge is 2.15. The molecular weight excluding hydrogens is 420 g/mol. The standard InChI is InChI=1S/C26H22N2O3S/c1-19-7-13-23(14-8-19)27-26(29)22-9-15-24(16-10-22)28-32(30,31)25-17-11-21(12-18-25)20-5-3-2-4-6-20/h2-18,28H,1H3,(H,27,29). The minimum absolute atomic E-state index is 0.165. The molecule has 0 heterocycles. The van der Waals surface area contributed by atoms with Crippen LogP contribution in [0.15, 0.2) is 108 Å². The Morgan fingerprint density at radius 3 is 1.84 bits per heavy atom. The van der Waals surface area contributed by atoms with Crippen LogP contribution in [0.5, 0.6) is 0 Å². The number of carbonyl (C=O) groups excluding carboxylic acids is 1. The Morgan fingerprint density at radius 2 is 1.22 bits per heavy atom. The number of sulfonamides is 1. The summed E-state index contributed by atoms with van der Waals surface area (Å²) < 4.78 is 28.0. The van der Waals surface area contributed by atoms with Crippen LogP contribution in [0.1, 0.15) is 15.9 Å². The molecule has 4 aromatic carbocycles. The number of amides is 1. The molecule has 32 heavy (non-hydrogen) atoms. The van der Waals surface area contributed by atoms with Gasteiger partial charge in [-0.1, -0.05) is 60.2 Å². The normalized spacial score (nSPS) is 11.0. The molecule has 0 aliphatic carbocycles. The average molecular weight is 443 g/mol. The van der Waals surface area contributed by atoms with Crippen molar-refractivity contribution in [3.05, 3.63) is 114 Å². The van der Waals surface area contributed by atoms with Crippen molar-refractivity contribution in [2.24, 2.45) is 0 Å². The molecule has 0 fully saturated rings. The quantitative estimate of drug-likeness (QED) is 0.401. The van der Waals surface area contributed by atoms with Gasteiger partial charge in [0.2, 0.25) is 0 Å². The highest BCUT2D eigenvalue weighted by atomic mass is 32.2. The van der Waals surface area contributed by atoms with Gasteiger partial charge >= 0.3 is 0 Å². The van der Waals surface area contributed by atoms with Gasteiger partial charge in [0.1, 0.15) is 0 Å². The van der Waals surface area contributed by atoms with Crippen LogP contribution in [0, 0.1) is 6.92 Å². The maximum atomic E-state index is 12.7. The predicted molar refractivity (Wildman–Crippen MR) is 128 cm³/mol. The number of hydrogen-bond acceptors (Lipinski definition) is 3. The fraction of sp³-hybridized carbons (Fsp3) is 0.0385. The number of benzene rings is 4. The predicted octanol–water partition coefficient (Wildman–Crippen LogP) is 5.72. The van der Waals surface area contributed by atoms with E-state index in [0.29, 0.717) is 16.9 Å². The van der Waals surface area contributed by atoms with Crippen LogP contribution in [0.3, 0.4) is 0 Å². The summed E-state index contributed by atoms with van der Waals surface area (Å²) in [5.41, 5.74) is 4.57. The lowest BCUT2D eigenvalue weighted by molar-refractivity contribution is 0.102. The summed E-state index contributed by atoms with van der Waals surface area (Å²) in [4.78, 5) is 12.6. The summed E-state index contributed by atoms with van der Waals surface area (Å²) >= 11 is 0. The van der Waals surface area contributed by atoms with E-state index >= 15 is 0 Å². The average Bonchev–Trinajstić information content (AvgIpc) is 2.81. The van der Waals surface area contributed by atoms with Crippen LogP contribution in [0.25, 0.3) is 11.1 Å². The van der Waals surface area contributed by atoms with E-state index in [0.717, 1.165) is 16.7 Å². The molecule has 0 aromatic heterocycles. The fourth-order valence-electron chi connectivity index (χ4n) is 3.20. The lowest BCUT2D eigenvalue weighted by Crippen LogP contribution is -2.14. The van der Waals surface area contributed by atoms with Gasteiger partial charge in [0.25, 0.3) is 15.9 Å². The summed E-state index contributed by atoms with van der Waals surface area (Å²) in [5, 5.41) is 2.82. The second-order valence-electron chi connectivity index (χ2n) is 7.39. The monoisotopic (exact) mass is 442 g/mol. The lowest BCUT2D eigenvalue weighted by Gasteiger charge is -2.10. The summed E-state index contributed by atoms with van der Waals surface area (Å²) in [6.45, 7) is 1.98. The molecule has 0 aliphatic heterocycles. The van der Waals surface area contributed by atoms with Gasteiger partial charge in [-0.15, -0.1) is 0 Å². The number of nitrogens with one attached hydrogen (secondary N) is 2. The zero-order valence-corrected chi connectivity index (χ0v) is 18.3. The molecule has 5 nitrogen and oxygen atoms in total. The molecule has 0 saturated heterocycles. The molecule has 0 unspecified atom stereocenters. The lowest BCUT2D eigenvalue weighted by atomic mass is 10.1. The summed E-state index contributed by atoms with van der Waals surface area (Å²) in [7, 11) is -3.75. The van der Waals surface area contributed by atoms with Gasteiger partial charge in [0, 0.05) is 16.9 Å². The van der Waals surface area contributed by atoms with E-state index < -0.39 is 10.0 Å². The molecule has 0 aliphatic rings. The molecule has 160 valence electrons. The van der Waals surface area contributed by atoms with E-state index in [1.807, 2.05) is 61.5 Å². The molecular formula is C26H22N2O3S. The van der Waals surface area contributed by atoms with Gasteiger partial charge < -0.3 is 5.32 Å². The Morgan fingerprint density at radius 1 is 0.656 bits per heavy atom. The largest absolute Gasteiger partial charge is 0.322 e. The molecule has 6 heteroatoms. The van der Waals surface area contributed by atoms with E-state index in [-0.39, 0.29) is 10.8 Å². The Hall–Kier alpha value is -3.90. The second-order valence-corrected chi connectivity index (χ2v) is 9.08. The van der Waals surface area contributed by atoms with Crippen molar-refractivity contribution in [1.29, 1.82) is 0 Å². The smallest absolute Gasteiger partial charge is 0.261 e. The van der Waals surface area contributed by atoms with E-state index in [2.05, 4.69) is 10.0 Å².